The Balaban J connectivity index is 2.07. The second kappa shape index (κ2) is 7.63. The van der Waals surface area contributed by atoms with Crippen LogP contribution in [0.1, 0.15) is 12.0 Å². The number of aliphatic carboxylic acids is 1. The Kier molecular flexibility index (Phi) is 5.79. The van der Waals surface area contributed by atoms with Crippen LogP contribution in [0.3, 0.4) is 0 Å². The zero-order chi connectivity index (χ0) is 17.7. The normalized spacial score (nSPS) is 22.0. The minimum atomic E-state index is -3.48. The molecule has 0 aromatic heterocycles. The molecule has 1 heterocycles. The molecular weight excluding hydrogens is 338 g/mol. The minimum Gasteiger partial charge on any atom is -0.481 e. The number of sulfone groups is 1. The lowest BCUT2D eigenvalue weighted by molar-refractivity contribution is -0.137. The van der Waals surface area contributed by atoms with E-state index in [1.807, 2.05) is 6.07 Å². The number of hydrogen-bond donors (Lipinski definition) is 2. The zero-order valence-electron chi connectivity index (χ0n) is 12.9. The van der Waals surface area contributed by atoms with E-state index in [4.69, 9.17) is 9.84 Å². The summed E-state index contributed by atoms with van der Waals surface area (Å²) in [5.41, 5.74) is 0.739. The van der Waals surface area contributed by atoms with E-state index in [0.717, 1.165) is 10.5 Å². The molecule has 1 aliphatic heterocycles. The molecule has 0 bridgehead atoms. The lowest BCUT2D eigenvalue weighted by Crippen LogP contribution is -2.47. The Hall–Kier alpha value is -2.13. The van der Waals surface area contributed by atoms with E-state index in [1.54, 1.807) is 24.3 Å². The van der Waals surface area contributed by atoms with Crippen LogP contribution in [-0.2, 0) is 26.0 Å². The summed E-state index contributed by atoms with van der Waals surface area (Å²) in [5.74, 6) is -1.99. The predicted octanol–water partition coefficient (Wildman–Crippen LogP) is 0.258. The molecule has 0 spiro atoms. The van der Waals surface area contributed by atoms with E-state index in [2.05, 4.69) is 0 Å². The highest BCUT2D eigenvalue weighted by Gasteiger charge is 2.42. The summed E-state index contributed by atoms with van der Waals surface area (Å²) in [6, 6.07) is 7.87. The monoisotopic (exact) mass is 357 g/mol. The van der Waals surface area contributed by atoms with Gasteiger partial charge in [-0.05, 0) is 5.56 Å². The fraction of sp³-hybridized carbons (Fsp3) is 0.467. The number of nitrogens with zero attached hydrogens (tertiary/aromatic N) is 1. The Morgan fingerprint density at radius 2 is 1.88 bits per heavy atom. The van der Waals surface area contributed by atoms with Crippen LogP contribution in [0.2, 0.25) is 0 Å². The highest BCUT2D eigenvalue weighted by atomic mass is 32.2. The van der Waals surface area contributed by atoms with E-state index in [1.165, 1.54) is 0 Å². The van der Waals surface area contributed by atoms with Crippen molar-refractivity contribution in [3.05, 3.63) is 35.9 Å². The number of carbonyl (C=O) groups excluding carboxylic acids is 1. The van der Waals surface area contributed by atoms with Gasteiger partial charge in [0.25, 0.3) is 0 Å². The fourth-order valence-electron chi connectivity index (χ4n) is 2.52. The van der Waals surface area contributed by atoms with Crippen molar-refractivity contribution in [1.82, 2.24) is 4.90 Å². The van der Waals surface area contributed by atoms with Crippen LogP contribution in [0, 0.1) is 0 Å². The number of ether oxygens (including phenoxy) is 1. The van der Waals surface area contributed by atoms with Gasteiger partial charge in [0.2, 0.25) is 0 Å². The van der Waals surface area contributed by atoms with Crippen LogP contribution in [-0.4, -0.2) is 65.8 Å². The van der Waals surface area contributed by atoms with Crippen molar-refractivity contribution in [1.29, 1.82) is 0 Å². The summed E-state index contributed by atoms with van der Waals surface area (Å²) in [4.78, 5) is 24.0. The topological polar surface area (TPSA) is 121 Å². The summed E-state index contributed by atoms with van der Waals surface area (Å²) < 4.78 is 28.4. The quantitative estimate of drug-likeness (QED) is 0.749. The number of rotatable bonds is 6. The molecule has 2 N–H and O–H groups in total. The van der Waals surface area contributed by atoms with Gasteiger partial charge < -0.3 is 19.8 Å². The van der Waals surface area contributed by atoms with Gasteiger partial charge >= 0.3 is 12.1 Å². The molecule has 9 heteroatoms. The fourth-order valence-corrected chi connectivity index (χ4v) is 4.32. The second-order valence-corrected chi connectivity index (χ2v) is 7.74. The molecule has 1 fully saturated rings. The third-order valence-corrected chi connectivity index (χ3v) is 5.40. The molecule has 0 aliphatic carbocycles. The second-order valence-electron chi connectivity index (χ2n) is 5.59. The van der Waals surface area contributed by atoms with Gasteiger partial charge in [0, 0.05) is 6.54 Å². The van der Waals surface area contributed by atoms with Gasteiger partial charge in [-0.1, -0.05) is 30.3 Å². The summed E-state index contributed by atoms with van der Waals surface area (Å²) in [6.07, 6.45) is -2.47. The van der Waals surface area contributed by atoms with Crippen LogP contribution >= 0.6 is 0 Å². The summed E-state index contributed by atoms with van der Waals surface area (Å²) in [7, 11) is -3.48. The average molecular weight is 357 g/mol. The van der Waals surface area contributed by atoms with Crippen molar-refractivity contribution in [2.45, 2.75) is 25.2 Å². The summed E-state index contributed by atoms with van der Waals surface area (Å²) in [6.45, 7) is -0.265. The lowest BCUT2D eigenvalue weighted by Gasteiger charge is -2.29. The van der Waals surface area contributed by atoms with Crippen LogP contribution in [0.25, 0.3) is 0 Å². The molecule has 1 aromatic carbocycles. The smallest absolute Gasteiger partial charge is 0.410 e. The zero-order valence-corrected chi connectivity index (χ0v) is 13.7. The first-order chi connectivity index (χ1) is 11.3. The Bertz CT molecular complexity index is 689. The van der Waals surface area contributed by atoms with E-state index in [0.29, 0.717) is 0 Å². The van der Waals surface area contributed by atoms with Gasteiger partial charge in [0.1, 0.15) is 6.61 Å². The lowest BCUT2D eigenvalue weighted by atomic mass is 10.2. The molecule has 24 heavy (non-hydrogen) atoms. The summed E-state index contributed by atoms with van der Waals surface area (Å²) in [5, 5.41) is 18.7. The Labute approximate surface area is 139 Å². The molecule has 1 aliphatic rings. The minimum absolute atomic E-state index is 0.0290. The summed E-state index contributed by atoms with van der Waals surface area (Å²) >= 11 is 0. The Morgan fingerprint density at radius 3 is 2.42 bits per heavy atom. The van der Waals surface area contributed by atoms with Gasteiger partial charge in [-0.15, -0.1) is 0 Å². The van der Waals surface area contributed by atoms with Crippen LogP contribution < -0.4 is 0 Å². The molecule has 132 valence electrons. The molecule has 2 unspecified atom stereocenters. The number of aliphatic hydroxyl groups is 1. The highest BCUT2D eigenvalue weighted by Crippen LogP contribution is 2.20. The molecule has 2 atom stereocenters. The van der Waals surface area contributed by atoms with Crippen molar-refractivity contribution in [2.24, 2.45) is 0 Å². The van der Waals surface area contributed by atoms with E-state index in [9.17, 15) is 23.1 Å². The predicted molar refractivity (Wildman–Crippen MR) is 84.0 cm³/mol. The maximum absolute atomic E-state index is 12.3. The number of aliphatic hydroxyl groups excluding tert-OH is 1. The number of benzene rings is 1. The third-order valence-electron chi connectivity index (χ3n) is 3.70. The molecule has 8 nitrogen and oxygen atoms in total. The van der Waals surface area contributed by atoms with E-state index < -0.39 is 45.6 Å². The molecular formula is C15H19NO7S. The first kappa shape index (κ1) is 18.2. The number of amides is 1. The van der Waals surface area contributed by atoms with Gasteiger partial charge in [-0.2, -0.15) is 0 Å². The van der Waals surface area contributed by atoms with E-state index in [-0.39, 0.29) is 19.6 Å². The molecule has 2 rings (SSSR count). The number of carboxylic acids is 1. The molecule has 1 saturated heterocycles. The average Bonchev–Trinajstić information content (AvgIpc) is 2.79. The van der Waals surface area contributed by atoms with Crippen molar-refractivity contribution in [3.8, 4) is 0 Å². The van der Waals surface area contributed by atoms with Gasteiger partial charge in [0.05, 0.1) is 30.1 Å². The molecule has 1 aromatic rings. The van der Waals surface area contributed by atoms with Crippen molar-refractivity contribution >= 4 is 21.9 Å². The first-order valence-electron chi connectivity index (χ1n) is 7.36. The highest BCUT2D eigenvalue weighted by molar-refractivity contribution is 7.91. The molecule has 0 saturated carbocycles. The van der Waals surface area contributed by atoms with Crippen molar-refractivity contribution in [3.63, 3.8) is 0 Å². The first-order valence-corrected chi connectivity index (χ1v) is 9.18. The van der Waals surface area contributed by atoms with Crippen LogP contribution in [0.15, 0.2) is 30.3 Å². The van der Waals surface area contributed by atoms with Crippen LogP contribution in [0.4, 0.5) is 4.79 Å². The Morgan fingerprint density at radius 1 is 1.21 bits per heavy atom. The number of carbonyl (C=O) groups is 2. The van der Waals surface area contributed by atoms with Gasteiger partial charge in [-0.25, -0.2) is 13.2 Å². The SMILES string of the molecule is O=C(O)CCN(C(=O)OCc1ccccc1)C1CS(=O)(=O)CC1O. The molecule has 0 radical (unpaired) electrons. The standard InChI is InChI=1S/C15H19NO7S/c17-13-10-24(21,22)9-12(13)16(7-6-14(18)19)15(20)23-8-11-4-2-1-3-5-11/h1-5,12-13,17H,6-10H2,(H,18,19). The van der Waals surface area contributed by atoms with Crippen LogP contribution in [0.5, 0.6) is 0 Å². The van der Waals surface area contributed by atoms with Gasteiger partial charge in [-0.3, -0.25) is 4.79 Å². The maximum Gasteiger partial charge on any atom is 0.410 e. The number of carboxylic acid groups (broad SMARTS) is 1. The van der Waals surface area contributed by atoms with Crippen molar-refractivity contribution in [2.75, 3.05) is 18.1 Å². The van der Waals surface area contributed by atoms with E-state index >= 15 is 0 Å². The maximum atomic E-state index is 12.3. The van der Waals surface area contributed by atoms with Gasteiger partial charge in [0.15, 0.2) is 9.84 Å². The third kappa shape index (κ3) is 4.93. The molecule has 1 amide bonds. The van der Waals surface area contributed by atoms with Crippen molar-refractivity contribution < 1.29 is 33.0 Å². The number of hydrogen-bond acceptors (Lipinski definition) is 6. The largest absolute Gasteiger partial charge is 0.481 e.